The Hall–Kier alpha value is -1.90. The molecule has 2 fully saturated rings. The molecule has 0 unspecified atom stereocenters. The summed E-state index contributed by atoms with van der Waals surface area (Å²) in [5.41, 5.74) is -1.80. The molecule has 2 aliphatic rings. The molecule has 1 aliphatic carbocycles. The van der Waals surface area contributed by atoms with Gasteiger partial charge in [0.2, 0.25) is 11.8 Å². The van der Waals surface area contributed by atoms with Crippen LogP contribution in [0.2, 0.25) is 0 Å². The normalized spacial score (nSPS) is 26.0. The van der Waals surface area contributed by atoms with Gasteiger partial charge in [0.15, 0.2) is 0 Å². The van der Waals surface area contributed by atoms with Gasteiger partial charge in [0.05, 0.1) is 11.7 Å². The number of piperidine rings is 1. The van der Waals surface area contributed by atoms with Gasteiger partial charge < -0.3 is 15.4 Å². The van der Waals surface area contributed by atoms with Crippen molar-refractivity contribution >= 4 is 5.91 Å². The SMILES string of the molecule is CC(C)(COc1nnccc1C(F)(F)F)NC(=O)[C@H]1[C@@H]2CNC[C@@H]21. The van der Waals surface area contributed by atoms with E-state index in [4.69, 9.17) is 4.74 Å². The van der Waals surface area contributed by atoms with Crippen LogP contribution in [0.3, 0.4) is 0 Å². The Morgan fingerprint density at radius 3 is 2.67 bits per heavy atom. The number of nitrogens with zero attached hydrogens (tertiary/aromatic N) is 2. The van der Waals surface area contributed by atoms with Crippen molar-refractivity contribution in [2.24, 2.45) is 17.8 Å². The highest BCUT2D eigenvalue weighted by Crippen LogP contribution is 2.48. The van der Waals surface area contributed by atoms with Crippen molar-refractivity contribution < 1.29 is 22.7 Å². The zero-order valence-electron chi connectivity index (χ0n) is 13.4. The van der Waals surface area contributed by atoms with E-state index in [1.807, 2.05) is 0 Å². The highest BCUT2D eigenvalue weighted by Gasteiger charge is 2.57. The number of hydrogen-bond acceptors (Lipinski definition) is 5. The minimum Gasteiger partial charge on any atom is -0.474 e. The van der Waals surface area contributed by atoms with E-state index < -0.39 is 23.2 Å². The van der Waals surface area contributed by atoms with Crippen molar-refractivity contribution in [2.45, 2.75) is 25.6 Å². The van der Waals surface area contributed by atoms with E-state index in [0.29, 0.717) is 11.8 Å². The fourth-order valence-electron chi connectivity index (χ4n) is 3.15. The van der Waals surface area contributed by atoms with Gasteiger partial charge in [-0.05, 0) is 44.8 Å². The van der Waals surface area contributed by atoms with Crippen LogP contribution < -0.4 is 15.4 Å². The maximum Gasteiger partial charge on any atom is 0.421 e. The van der Waals surface area contributed by atoms with Crippen LogP contribution in [0, 0.1) is 17.8 Å². The first kappa shape index (κ1) is 16.9. The predicted molar refractivity (Wildman–Crippen MR) is 78.1 cm³/mol. The van der Waals surface area contributed by atoms with E-state index in [2.05, 4.69) is 20.8 Å². The number of halogens is 3. The number of fused-ring (bicyclic) bond motifs is 1. The Morgan fingerprint density at radius 1 is 1.38 bits per heavy atom. The highest BCUT2D eigenvalue weighted by atomic mass is 19.4. The summed E-state index contributed by atoms with van der Waals surface area (Å²) in [7, 11) is 0. The first-order valence-electron chi connectivity index (χ1n) is 7.73. The van der Waals surface area contributed by atoms with Gasteiger partial charge in [-0.1, -0.05) is 0 Å². The number of rotatable bonds is 5. The molecule has 1 amide bonds. The predicted octanol–water partition coefficient (Wildman–Crippen LogP) is 1.23. The standard InChI is InChI=1S/C15H19F3N4O2/c1-14(2,21-12(23)11-8-5-19-6-9(8)11)7-24-13-10(15(16,17)18)3-4-20-22-13/h3-4,8-9,11,19H,5-7H2,1-2H3,(H,21,23)/t8-,9+,11+. The van der Waals surface area contributed by atoms with Gasteiger partial charge in [-0.15, -0.1) is 5.10 Å². The second-order valence-corrected chi connectivity index (χ2v) is 6.92. The molecule has 2 N–H and O–H groups in total. The first-order chi connectivity index (χ1) is 11.2. The van der Waals surface area contributed by atoms with Crippen LogP contribution >= 0.6 is 0 Å². The van der Waals surface area contributed by atoms with E-state index in [9.17, 15) is 18.0 Å². The van der Waals surface area contributed by atoms with Gasteiger partial charge in [-0.2, -0.15) is 18.3 Å². The Bertz CT molecular complexity index is 625. The monoisotopic (exact) mass is 344 g/mol. The zero-order valence-corrected chi connectivity index (χ0v) is 13.4. The van der Waals surface area contributed by atoms with Crippen LogP contribution in [-0.4, -0.2) is 41.3 Å². The number of alkyl halides is 3. The third-order valence-electron chi connectivity index (χ3n) is 4.42. The fourth-order valence-corrected chi connectivity index (χ4v) is 3.15. The van der Waals surface area contributed by atoms with Crippen LogP contribution in [0.25, 0.3) is 0 Å². The number of amides is 1. The van der Waals surface area contributed by atoms with E-state index in [1.165, 1.54) is 0 Å². The van der Waals surface area contributed by atoms with Gasteiger partial charge in [0, 0.05) is 5.92 Å². The molecule has 132 valence electrons. The van der Waals surface area contributed by atoms with Crippen molar-refractivity contribution in [3.05, 3.63) is 17.8 Å². The molecular formula is C15H19F3N4O2. The lowest BCUT2D eigenvalue weighted by molar-refractivity contribution is -0.139. The maximum absolute atomic E-state index is 12.9. The first-order valence-corrected chi connectivity index (χ1v) is 7.73. The van der Waals surface area contributed by atoms with Crippen molar-refractivity contribution in [2.75, 3.05) is 19.7 Å². The molecule has 1 aromatic rings. The number of ether oxygens (including phenoxy) is 1. The summed E-state index contributed by atoms with van der Waals surface area (Å²) in [4.78, 5) is 12.3. The molecule has 1 aromatic heterocycles. The van der Waals surface area contributed by atoms with Crippen LogP contribution in [0.1, 0.15) is 19.4 Å². The van der Waals surface area contributed by atoms with E-state index in [1.54, 1.807) is 13.8 Å². The molecule has 1 saturated heterocycles. The zero-order chi connectivity index (χ0) is 17.5. The van der Waals surface area contributed by atoms with Crippen molar-refractivity contribution in [1.82, 2.24) is 20.8 Å². The average Bonchev–Trinajstić information content (AvgIpc) is 2.98. The van der Waals surface area contributed by atoms with Crippen LogP contribution in [0.5, 0.6) is 5.88 Å². The van der Waals surface area contributed by atoms with E-state index >= 15 is 0 Å². The van der Waals surface area contributed by atoms with Gasteiger partial charge in [0.25, 0.3) is 0 Å². The van der Waals surface area contributed by atoms with Crippen molar-refractivity contribution in [1.29, 1.82) is 0 Å². The summed E-state index contributed by atoms with van der Waals surface area (Å²) < 4.78 is 43.9. The van der Waals surface area contributed by atoms with Gasteiger partial charge in [0.1, 0.15) is 12.2 Å². The summed E-state index contributed by atoms with van der Waals surface area (Å²) in [5.74, 6) is 0.0833. The molecule has 1 aliphatic heterocycles. The molecule has 24 heavy (non-hydrogen) atoms. The smallest absolute Gasteiger partial charge is 0.421 e. The molecule has 3 atom stereocenters. The average molecular weight is 344 g/mol. The number of carbonyl (C=O) groups is 1. The minimum atomic E-state index is -4.57. The molecule has 1 saturated carbocycles. The summed E-state index contributed by atoms with van der Waals surface area (Å²) in [6.07, 6.45) is -3.61. The Labute approximate surface area is 137 Å². The summed E-state index contributed by atoms with van der Waals surface area (Å²) in [6, 6.07) is 0.812. The molecule has 9 heteroatoms. The van der Waals surface area contributed by atoms with Gasteiger partial charge in [-0.3, -0.25) is 4.79 Å². The molecule has 0 bridgehead atoms. The Kier molecular flexibility index (Phi) is 4.15. The minimum absolute atomic E-state index is 0.00669. The topological polar surface area (TPSA) is 76.1 Å². The fraction of sp³-hybridized carbons (Fsp3) is 0.667. The molecule has 0 radical (unpaired) electrons. The number of nitrogens with one attached hydrogen (secondary N) is 2. The molecular weight excluding hydrogens is 325 g/mol. The number of hydrogen-bond donors (Lipinski definition) is 2. The van der Waals surface area contributed by atoms with E-state index in [-0.39, 0.29) is 18.4 Å². The third kappa shape index (κ3) is 3.45. The molecule has 3 rings (SSSR count). The molecule has 0 aromatic carbocycles. The van der Waals surface area contributed by atoms with Gasteiger partial charge in [-0.25, -0.2) is 0 Å². The summed E-state index contributed by atoms with van der Waals surface area (Å²) >= 11 is 0. The van der Waals surface area contributed by atoms with E-state index in [0.717, 1.165) is 25.4 Å². The van der Waals surface area contributed by atoms with Crippen LogP contribution in [-0.2, 0) is 11.0 Å². The number of aromatic nitrogens is 2. The molecule has 2 heterocycles. The Balaban J connectivity index is 1.58. The molecule has 0 spiro atoms. The lowest BCUT2D eigenvalue weighted by Gasteiger charge is -2.27. The quantitative estimate of drug-likeness (QED) is 0.840. The number of carbonyl (C=O) groups excluding carboxylic acids is 1. The third-order valence-corrected chi connectivity index (χ3v) is 4.42. The second kappa shape index (κ2) is 5.87. The lowest BCUT2D eigenvalue weighted by Crippen LogP contribution is -2.49. The second-order valence-electron chi connectivity index (χ2n) is 6.92. The van der Waals surface area contributed by atoms with Crippen molar-refractivity contribution in [3.63, 3.8) is 0 Å². The van der Waals surface area contributed by atoms with Crippen LogP contribution in [0.4, 0.5) is 13.2 Å². The maximum atomic E-state index is 12.9. The lowest BCUT2D eigenvalue weighted by atomic mass is 10.1. The van der Waals surface area contributed by atoms with Crippen LogP contribution in [0.15, 0.2) is 12.3 Å². The molecule has 6 nitrogen and oxygen atoms in total. The largest absolute Gasteiger partial charge is 0.474 e. The summed E-state index contributed by atoms with van der Waals surface area (Å²) in [5, 5.41) is 12.9. The highest BCUT2D eigenvalue weighted by molar-refractivity contribution is 5.83. The Morgan fingerprint density at radius 2 is 2.04 bits per heavy atom. The summed E-state index contributed by atoms with van der Waals surface area (Å²) in [6.45, 7) is 4.94. The van der Waals surface area contributed by atoms with Crippen molar-refractivity contribution in [3.8, 4) is 5.88 Å². The van der Waals surface area contributed by atoms with Gasteiger partial charge >= 0.3 is 6.18 Å².